The second-order valence-electron chi connectivity index (χ2n) is 5.55. The lowest BCUT2D eigenvalue weighted by Crippen LogP contribution is -2.07. The summed E-state index contributed by atoms with van der Waals surface area (Å²) in [6, 6.07) is 12.0. The molecule has 2 N–H and O–H groups in total. The third-order valence-corrected chi connectivity index (χ3v) is 3.56. The van der Waals surface area contributed by atoms with Crippen LogP contribution in [0.25, 0.3) is 11.5 Å². The van der Waals surface area contributed by atoms with Crippen molar-refractivity contribution in [3.63, 3.8) is 0 Å². The number of rotatable bonds is 5. The van der Waals surface area contributed by atoms with Crippen LogP contribution in [-0.2, 0) is 11.3 Å². The Morgan fingerprint density at radius 1 is 1.20 bits per heavy atom. The van der Waals surface area contributed by atoms with Gasteiger partial charge in [-0.2, -0.15) is 0 Å². The number of hydrogen-bond donors (Lipinski definition) is 2. The molecule has 1 heterocycles. The van der Waals surface area contributed by atoms with Gasteiger partial charge in [-0.05, 0) is 36.8 Å². The van der Waals surface area contributed by atoms with E-state index in [2.05, 4.69) is 20.8 Å². The van der Waals surface area contributed by atoms with Gasteiger partial charge < -0.3 is 15.1 Å². The minimum Gasteiger partial charge on any atom is -0.419 e. The number of aryl methyl sites for hydroxylation is 1. The average Bonchev–Trinajstić information content (AvgIpc) is 3.04. The number of carbonyl (C=O) groups is 1. The first kappa shape index (κ1) is 16.6. The molecule has 25 heavy (non-hydrogen) atoms. The Labute approximate surface area is 144 Å². The highest BCUT2D eigenvalue weighted by Gasteiger charge is 2.11. The summed E-state index contributed by atoms with van der Waals surface area (Å²) in [6.07, 6.45) is 0. The van der Waals surface area contributed by atoms with E-state index >= 15 is 0 Å². The molecule has 0 fully saturated rings. The van der Waals surface area contributed by atoms with Gasteiger partial charge in [-0.25, -0.2) is 4.39 Å². The van der Waals surface area contributed by atoms with Crippen LogP contribution in [0.5, 0.6) is 0 Å². The molecule has 0 aliphatic rings. The Balaban J connectivity index is 1.72. The highest BCUT2D eigenvalue weighted by molar-refractivity contribution is 5.89. The molecule has 3 rings (SSSR count). The lowest BCUT2D eigenvalue weighted by atomic mass is 10.1. The maximum atomic E-state index is 13.9. The molecule has 0 unspecified atom stereocenters. The summed E-state index contributed by atoms with van der Waals surface area (Å²) in [5.74, 6) is 0.0926. The van der Waals surface area contributed by atoms with Crippen LogP contribution in [0.4, 0.5) is 15.8 Å². The van der Waals surface area contributed by atoms with Crippen LogP contribution in [0.1, 0.15) is 18.4 Å². The summed E-state index contributed by atoms with van der Waals surface area (Å²) < 4.78 is 19.5. The van der Waals surface area contributed by atoms with Crippen molar-refractivity contribution >= 4 is 17.3 Å². The molecule has 0 spiro atoms. The Bertz CT molecular complexity index is 908. The SMILES string of the molecule is CC(=O)Nc1ccc(F)c(NCc2nnc(-c3ccccc3C)o2)c1. The summed E-state index contributed by atoms with van der Waals surface area (Å²) in [4.78, 5) is 11.1. The monoisotopic (exact) mass is 340 g/mol. The van der Waals surface area contributed by atoms with E-state index in [4.69, 9.17) is 4.42 Å². The van der Waals surface area contributed by atoms with Gasteiger partial charge in [0.05, 0.1) is 12.2 Å². The maximum Gasteiger partial charge on any atom is 0.248 e. The molecule has 0 saturated carbocycles. The molecular formula is C18H17FN4O2. The van der Waals surface area contributed by atoms with Gasteiger partial charge in [0.2, 0.25) is 17.7 Å². The first-order valence-corrected chi connectivity index (χ1v) is 7.72. The third kappa shape index (κ3) is 4.00. The molecular weight excluding hydrogens is 323 g/mol. The van der Waals surface area contributed by atoms with Crippen LogP contribution >= 0.6 is 0 Å². The molecule has 3 aromatic rings. The molecule has 0 atom stereocenters. The maximum absolute atomic E-state index is 13.9. The first-order chi connectivity index (χ1) is 12.0. The van der Waals surface area contributed by atoms with Crippen molar-refractivity contribution in [3.8, 4) is 11.5 Å². The van der Waals surface area contributed by atoms with Gasteiger partial charge in [0.1, 0.15) is 5.82 Å². The van der Waals surface area contributed by atoms with E-state index in [0.29, 0.717) is 17.5 Å². The Morgan fingerprint density at radius 3 is 2.76 bits per heavy atom. The topological polar surface area (TPSA) is 80.0 Å². The molecule has 0 radical (unpaired) electrons. The predicted octanol–water partition coefficient (Wildman–Crippen LogP) is 3.75. The Morgan fingerprint density at radius 2 is 2.00 bits per heavy atom. The number of aromatic nitrogens is 2. The van der Waals surface area contributed by atoms with Gasteiger partial charge in [-0.15, -0.1) is 10.2 Å². The fourth-order valence-electron chi connectivity index (χ4n) is 2.36. The van der Waals surface area contributed by atoms with Crippen LogP contribution in [0.2, 0.25) is 0 Å². The van der Waals surface area contributed by atoms with Crippen LogP contribution in [-0.4, -0.2) is 16.1 Å². The van der Waals surface area contributed by atoms with Gasteiger partial charge in [-0.3, -0.25) is 4.79 Å². The minimum absolute atomic E-state index is 0.166. The molecule has 0 aliphatic heterocycles. The molecule has 2 aromatic carbocycles. The zero-order chi connectivity index (χ0) is 17.8. The quantitative estimate of drug-likeness (QED) is 0.739. The fraction of sp³-hybridized carbons (Fsp3) is 0.167. The largest absolute Gasteiger partial charge is 0.419 e. The molecule has 6 nitrogen and oxygen atoms in total. The van der Waals surface area contributed by atoms with Gasteiger partial charge in [0.15, 0.2) is 0 Å². The van der Waals surface area contributed by atoms with Crippen molar-refractivity contribution in [2.75, 3.05) is 10.6 Å². The van der Waals surface area contributed by atoms with Gasteiger partial charge >= 0.3 is 0 Å². The van der Waals surface area contributed by atoms with Gasteiger partial charge in [-0.1, -0.05) is 18.2 Å². The summed E-state index contributed by atoms with van der Waals surface area (Å²) >= 11 is 0. The lowest BCUT2D eigenvalue weighted by Gasteiger charge is -2.08. The number of carbonyl (C=O) groups excluding carboxylic acids is 1. The zero-order valence-corrected chi connectivity index (χ0v) is 13.8. The molecule has 7 heteroatoms. The van der Waals surface area contributed by atoms with Crippen molar-refractivity contribution in [2.45, 2.75) is 20.4 Å². The Hall–Kier alpha value is -3.22. The third-order valence-electron chi connectivity index (χ3n) is 3.56. The molecule has 1 aromatic heterocycles. The van der Waals surface area contributed by atoms with Crippen molar-refractivity contribution in [1.82, 2.24) is 10.2 Å². The van der Waals surface area contributed by atoms with E-state index < -0.39 is 5.82 Å². The zero-order valence-electron chi connectivity index (χ0n) is 13.8. The second kappa shape index (κ2) is 7.12. The molecule has 1 amide bonds. The van der Waals surface area contributed by atoms with Crippen molar-refractivity contribution in [3.05, 3.63) is 59.7 Å². The van der Waals surface area contributed by atoms with Crippen molar-refractivity contribution < 1.29 is 13.6 Å². The number of amides is 1. The van der Waals surface area contributed by atoms with E-state index in [1.165, 1.54) is 25.1 Å². The first-order valence-electron chi connectivity index (χ1n) is 7.72. The molecule has 128 valence electrons. The number of halogens is 1. The molecule has 0 bridgehead atoms. The highest BCUT2D eigenvalue weighted by atomic mass is 19.1. The molecule has 0 aliphatic carbocycles. The van der Waals surface area contributed by atoms with Crippen molar-refractivity contribution in [1.29, 1.82) is 0 Å². The average molecular weight is 340 g/mol. The Kier molecular flexibility index (Phi) is 4.74. The summed E-state index contributed by atoms with van der Waals surface area (Å²) in [5.41, 5.74) is 2.63. The van der Waals surface area contributed by atoms with Gasteiger partial charge in [0.25, 0.3) is 0 Å². The summed E-state index contributed by atoms with van der Waals surface area (Å²) in [7, 11) is 0. The smallest absolute Gasteiger partial charge is 0.248 e. The summed E-state index contributed by atoms with van der Waals surface area (Å²) in [6.45, 7) is 3.52. The van der Waals surface area contributed by atoms with E-state index in [-0.39, 0.29) is 18.1 Å². The van der Waals surface area contributed by atoms with Crippen molar-refractivity contribution in [2.24, 2.45) is 0 Å². The van der Waals surface area contributed by atoms with Crippen LogP contribution < -0.4 is 10.6 Å². The number of hydrogen-bond acceptors (Lipinski definition) is 5. The second-order valence-corrected chi connectivity index (χ2v) is 5.55. The fourth-order valence-corrected chi connectivity index (χ4v) is 2.36. The lowest BCUT2D eigenvalue weighted by molar-refractivity contribution is -0.114. The van der Waals surface area contributed by atoms with E-state index in [9.17, 15) is 9.18 Å². The number of nitrogens with one attached hydrogen (secondary N) is 2. The standard InChI is InChI=1S/C18H17FN4O2/c1-11-5-3-4-6-14(11)18-23-22-17(25-18)10-20-16-9-13(21-12(2)24)7-8-15(16)19/h3-9,20H,10H2,1-2H3,(H,21,24). The number of benzene rings is 2. The highest BCUT2D eigenvalue weighted by Crippen LogP contribution is 2.23. The van der Waals surface area contributed by atoms with Gasteiger partial charge in [0, 0.05) is 18.2 Å². The van der Waals surface area contributed by atoms with E-state index in [0.717, 1.165) is 11.1 Å². The van der Waals surface area contributed by atoms with E-state index in [1.54, 1.807) is 0 Å². The van der Waals surface area contributed by atoms with Crippen LogP contribution in [0.15, 0.2) is 46.9 Å². The normalized spacial score (nSPS) is 10.5. The van der Waals surface area contributed by atoms with E-state index in [1.807, 2.05) is 31.2 Å². The van der Waals surface area contributed by atoms with Crippen LogP contribution in [0, 0.1) is 12.7 Å². The van der Waals surface area contributed by atoms with Crippen LogP contribution in [0.3, 0.4) is 0 Å². The summed E-state index contributed by atoms with van der Waals surface area (Å²) in [5, 5.41) is 13.5. The number of nitrogens with zero attached hydrogens (tertiary/aromatic N) is 2. The minimum atomic E-state index is -0.437. The predicted molar refractivity (Wildman–Crippen MR) is 92.5 cm³/mol. The molecule has 0 saturated heterocycles. The number of anilines is 2.